The number of Topliss-reactive ketones (excluding diaryl/α,β-unsaturated/α-hetero) is 1. The van der Waals surface area contributed by atoms with Crippen molar-refractivity contribution in [2.45, 2.75) is 44.7 Å². The van der Waals surface area contributed by atoms with E-state index in [1.165, 1.54) is 12.1 Å². The predicted octanol–water partition coefficient (Wildman–Crippen LogP) is 2.30. The van der Waals surface area contributed by atoms with Gasteiger partial charge < -0.3 is 20.5 Å². The number of aldehydes is 1. The van der Waals surface area contributed by atoms with Crippen LogP contribution in [-0.2, 0) is 36.8 Å². The minimum atomic E-state index is -1.75. The van der Waals surface area contributed by atoms with E-state index >= 15 is 0 Å². The Hall–Kier alpha value is -4.86. The van der Waals surface area contributed by atoms with Crippen LogP contribution in [0.3, 0.4) is 0 Å². The summed E-state index contributed by atoms with van der Waals surface area (Å²) in [6.07, 6.45) is 1.40. The van der Waals surface area contributed by atoms with Gasteiger partial charge in [0.05, 0.1) is 0 Å². The Morgan fingerprint density at radius 1 is 0.923 bits per heavy atom. The van der Waals surface area contributed by atoms with E-state index in [4.69, 9.17) is 0 Å². The number of aliphatic carboxylic acids is 1. The molecule has 0 radical (unpaired) electrons. The number of aryl methyl sites for hydroxylation is 1. The van der Waals surface area contributed by atoms with Crippen molar-refractivity contribution in [1.29, 1.82) is 0 Å². The molecule has 10 nitrogen and oxygen atoms in total. The second-order valence-corrected chi connectivity index (χ2v) is 8.94. The highest BCUT2D eigenvalue weighted by Crippen LogP contribution is 2.18. The molecule has 2 aromatic carbocycles. The maximum absolute atomic E-state index is 13.5. The Kier molecular flexibility index (Phi) is 10.0. The number of hydrogen-bond donors (Lipinski definition) is 3. The number of hydrogen-bond acceptors (Lipinski definition) is 6. The third kappa shape index (κ3) is 7.81. The van der Waals surface area contributed by atoms with Gasteiger partial charge in [-0.1, -0.05) is 60.7 Å². The highest BCUT2D eigenvalue weighted by atomic mass is 16.4. The number of pyridine rings is 1. The van der Waals surface area contributed by atoms with Crippen LogP contribution in [0.1, 0.15) is 42.6 Å². The van der Waals surface area contributed by atoms with Gasteiger partial charge in [0.1, 0.15) is 18.0 Å². The first kappa shape index (κ1) is 28.7. The van der Waals surface area contributed by atoms with Crippen LogP contribution in [-0.4, -0.2) is 45.6 Å². The van der Waals surface area contributed by atoms with E-state index in [1.54, 1.807) is 30.3 Å². The van der Waals surface area contributed by atoms with E-state index in [1.807, 2.05) is 30.3 Å². The van der Waals surface area contributed by atoms with Crippen LogP contribution in [0.2, 0.25) is 0 Å². The monoisotopic (exact) mass is 531 g/mol. The maximum atomic E-state index is 13.5. The summed E-state index contributed by atoms with van der Waals surface area (Å²) in [5, 5.41) is 14.2. The van der Waals surface area contributed by atoms with E-state index in [0.717, 1.165) is 22.6 Å². The summed E-state index contributed by atoms with van der Waals surface area (Å²) in [4.78, 5) is 74.3. The Labute approximate surface area is 224 Å². The summed E-state index contributed by atoms with van der Waals surface area (Å²) in [6.45, 7) is 1.09. The molecule has 3 aromatic rings. The Morgan fingerprint density at radius 2 is 1.54 bits per heavy atom. The molecule has 2 atom stereocenters. The minimum Gasteiger partial charge on any atom is -0.480 e. The predicted molar refractivity (Wildman–Crippen MR) is 143 cm³/mol. The number of aromatic nitrogens is 1. The van der Waals surface area contributed by atoms with E-state index in [0.29, 0.717) is 12.8 Å². The summed E-state index contributed by atoms with van der Waals surface area (Å²) in [5.41, 5.74) is 0.878. The summed E-state index contributed by atoms with van der Waals surface area (Å²) < 4.78 is 0.935. The number of carboxylic acid groups (broad SMARTS) is 1. The lowest BCUT2D eigenvalue weighted by molar-refractivity contribution is -0.144. The van der Waals surface area contributed by atoms with Crippen LogP contribution in [0.15, 0.2) is 77.6 Å². The molecule has 0 aliphatic heterocycles. The molecular weight excluding hydrogens is 502 g/mol. The van der Waals surface area contributed by atoms with Crippen molar-refractivity contribution in [2.75, 3.05) is 5.32 Å². The van der Waals surface area contributed by atoms with Gasteiger partial charge in [0, 0.05) is 25.5 Å². The number of rotatable bonds is 13. The molecule has 0 fully saturated rings. The van der Waals surface area contributed by atoms with Crippen LogP contribution in [0.25, 0.3) is 0 Å². The first-order chi connectivity index (χ1) is 18.7. The molecule has 39 heavy (non-hydrogen) atoms. The molecule has 10 heteroatoms. The maximum Gasteiger partial charge on any atom is 0.328 e. The molecular formula is C29H29N3O7. The van der Waals surface area contributed by atoms with Gasteiger partial charge in [0.2, 0.25) is 11.7 Å². The van der Waals surface area contributed by atoms with Crippen LogP contribution in [0.5, 0.6) is 0 Å². The van der Waals surface area contributed by atoms with Crippen molar-refractivity contribution < 1.29 is 29.1 Å². The molecule has 1 aromatic heterocycles. The molecule has 3 N–H and O–H groups in total. The SMILES string of the molecule is CC(=O)N[C@H](C(=O)O)C(C=O)n1c(Cc2ccccc2)ccc(NC(=O)C(=O)CCCc2ccccc2)c1=O. The summed E-state index contributed by atoms with van der Waals surface area (Å²) >= 11 is 0. The van der Waals surface area contributed by atoms with Crippen molar-refractivity contribution in [3.8, 4) is 0 Å². The number of benzene rings is 2. The van der Waals surface area contributed by atoms with Gasteiger partial charge in [0.25, 0.3) is 11.5 Å². The number of nitrogens with one attached hydrogen (secondary N) is 2. The third-order valence-electron chi connectivity index (χ3n) is 6.05. The zero-order valence-electron chi connectivity index (χ0n) is 21.3. The first-order valence-electron chi connectivity index (χ1n) is 12.3. The first-order valence-corrected chi connectivity index (χ1v) is 12.3. The van der Waals surface area contributed by atoms with Crippen molar-refractivity contribution in [3.63, 3.8) is 0 Å². The largest absolute Gasteiger partial charge is 0.480 e. The van der Waals surface area contributed by atoms with Gasteiger partial charge in [0.15, 0.2) is 6.04 Å². The van der Waals surface area contributed by atoms with Gasteiger partial charge in [-0.25, -0.2) is 4.79 Å². The number of anilines is 1. The lowest BCUT2D eigenvalue weighted by Crippen LogP contribution is -2.49. The quantitative estimate of drug-likeness (QED) is 0.226. The Morgan fingerprint density at radius 3 is 2.10 bits per heavy atom. The van der Waals surface area contributed by atoms with Gasteiger partial charge in [-0.05, 0) is 36.1 Å². The topological polar surface area (TPSA) is 152 Å². The Bertz CT molecular complexity index is 1400. The molecule has 0 bridgehead atoms. The molecule has 0 aliphatic carbocycles. The highest BCUT2D eigenvalue weighted by molar-refractivity contribution is 6.40. The Balaban J connectivity index is 1.90. The average Bonchev–Trinajstić information content (AvgIpc) is 2.92. The fraction of sp³-hybridized carbons (Fsp3) is 0.241. The van der Waals surface area contributed by atoms with E-state index < -0.39 is 41.2 Å². The van der Waals surface area contributed by atoms with E-state index in [-0.39, 0.29) is 30.5 Å². The molecule has 0 saturated heterocycles. The number of carboxylic acids is 1. The molecule has 2 amide bonds. The van der Waals surface area contributed by atoms with Gasteiger partial charge in [-0.15, -0.1) is 0 Å². The third-order valence-corrected chi connectivity index (χ3v) is 6.05. The van der Waals surface area contributed by atoms with Gasteiger partial charge in [-0.3, -0.25) is 23.7 Å². The van der Waals surface area contributed by atoms with Crippen molar-refractivity contribution in [3.05, 3.63) is 100.0 Å². The molecule has 3 rings (SSSR count). The molecule has 0 saturated carbocycles. The second kappa shape index (κ2) is 13.6. The smallest absolute Gasteiger partial charge is 0.328 e. The fourth-order valence-electron chi connectivity index (χ4n) is 4.17. The zero-order chi connectivity index (χ0) is 28.4. The van der Waals surface area contributed by atoms with Crippen molar-refractivity contribution >= 4 is 35.5 Å². The normalized spacial score (nSPS) is 12.1. The van der Waals surface area contributed by atoms with E-state index in [9.17, 15) is 33.9 Å². The second-order valence-electron chi connectivity index (χ2n) is 8.94. The van der Waals surface area contributed by atoms with Crippen LogP contribution < -0.4 is 16.2 Å². The van der Waals surface area contributed by atoms with Crippen LogP contribution in [0, 0.1) is 0 Å². The lowest BCUT2D eigenvalue weighted by Gasteiger charge is -2.25. The minimum absolute atomic E-state index is 0.0401. The fourth-order valence-corrected chi connectivity index (χ4v) is 4.17. The number of ketones is 1. The number of carbonyl (C=O) groups is 5. The molecule has 0 aliphatic rings. The zero-order valence-corrected chi connectivity index (χ0v) is 21.3. The summed E-state index contributed by atoms with van der Waals surface area (Å²) in [6, 6.07) is 17.8. The van der Waals surface area contributed by atoms with Crippen LogP contribution in [0.4, 0.5) is 5.69 Å². The molecule has 0 spiro atoms. The van der Waals surface area contributed by atoms with Gasteiger partial charge in [-0.2, -0.15) is 0 Å². The number of amides is 2. The number of nitrogens with zero attached hydrogens (tertiary/aromatic N) is 1. The average molecular weight is 532 g/mol. The van der Waals surface area contributed by atoms with Gasteiger partial charge >= 0.3 is 5.97 Å². The molecule has 202 valence electrons. The molecule has 1 unspecified atom stereocenters. The van der Waals surface area contributed by atoms with Crippen LogP contribution >= 0.6 is 0 Å². The van der Waals surface area contributed by atoms with Crippen molar-refractivity contribution in [2.24, 2.45) is 0 Å². The summed E-state index contributed by atoms with van der Waals surface area (Å²) in [5.74, 6) is -3.96. The standard InChI is InChI=1S/C29H29N3O7/c1-19(34)30-26(29(38)39)24(18-33)32-22(17-21-11-6-3-7-12-21)15-16-23(28(32)37)31-27(36)25(35)14-8-13-20-9-4-2-5-10-20/h2-7,9-12,15-16,18,24,26H,8,13-14,17H2,1H3,(H,30,34)(H,31,36)(H,38,39)/t24?,26-/m0/s1. The van der Waals surface area contributed by atoms with E-state index in [2.05, 4.69) is 10.6 Å². The lowest BCUT2D eigenvalue weighted by atomic mass is 10.0. The summed E-state index contributed by atoms with van der Waals surface area (Å²) in [7, 11) is 0. The highest BCUT2D eigenvalue weighted by Gasteiger charge is 2.33. The molecule has 1 heterocycles. The van der Waals surface area contributed by atoms with Crippen molar-refractivity contribution in [1.82, 2.24) is 9.88 Å². The number of carbonyl (C=O) groups excluding carboxylic acids is 4.